The number of halogens is 1. The number of hydrogen-bond donors (Lipinski definition) is 0. The van der Waals surface area contributed by atoms with Gasteiger partial charge in [0.2, 0.25) is 0 Å². The van der Waals surface area contributed by atoms with Crippen LogP contribution in [-0.2, 0) is 14.3 Å². The Hall–Kier alpha value is -2.41. The number of nitrogens with zero attached hydrogens (tertiary/aromatic N) is 1. The van der Waals surface area contributed by atoms with Gasteiger partial charge in [0.05, 0.1) is 25.4 Å². The number of benzene rings is 1. The molecule has 5 atom stereocenters. The number of hydrogen-bond acceptors (Lipinski definition) is 5. The molecule has 0 aromatic heterocycles. The summed E-state index contributed by atoms with van der Waals surface area (Å²) in [7, 11) is 2.84. The van der Waals surface area contributed by atoms with Crippen molar-refractivity contribution in [3.63, 3.8) is 0 Å². The van der Waals surface area contributed by atoms with Gasteiger partial charge in [-0.1, -0.05) is 32.9 Å². The lowest BCUT2D eigenvalue weighted by molar-refractivity contribution is -0.146. The second-order valence-electron chi connectivity index (χ2n) is 11.3. The minimum atomic E-state index is -0.821. The van der Waals surface area contributed by atoms with Crippen LogP contribution < -0.4 is 4.74 Å². The van der Waals surface area contributed by atoms with Crippen LogP contribution in [0.2, 0.25) is 0 Å². The predicted octanol–water partition coefficient (Wildman–Crippen LogP) is 5.50. The zero-order valence-corrected chi connectivity index (χ0v) is 22.3. The van der Waals surface area contributed by atoms with Crippen molar-refractivity contribution in [1.29, 1.82) is 0 Å². The minimum absolute atomic E-state index is 0.00483. The van der Waals surface area contributed by atoms with Gasteiger partial charge in [-0.05, 0) is 62.0 Å². The van der Waals surface area contributed by atoms with Crippen LogP contribution in [0, 0.1) is 23.1 Å². The van der Waals surface area contributed by atoms with E-state index >= 15 is 4.39 Å². The van der Waals surface area contributed by atoms with Gasteiger partial charge in [0.15, 0.2) is 0 Å². The van der Waals surface area contributed by atoms with Crippen LogP contribution in [0.1, 0.15) is 81.1 Å². The van der Waals surface area contributed by atoms with Crippen molar-refractivity contribution in [1.82, 2.24) is 4.90 Å². The number of carbonyl (C=O) groups excluding carboxylic acids is 2. The van der Waals surface area contributed by atoms with Gasteiger partial charge in [0.25, 0.3) is 5.91 Å². The largest absolute Gasteiger partial charge is 0.493 e. The van der Waals surface area contributed by atoms with Crippen LogP contribution in [0.25, 0.3) is 0 Å². The number of methoxy groups -OCH3 is 2. The molecular formula is C29H40FNO5. The zero-order valence-electron chi connectivity index (χ0n) is 22.3. The highest BCUT2D eigenvalue weighted by molar-refractivity contribution is 5.98. The van der Waals surface area contributed by atoms with Gasteiger partial charge >= 0.3 is 5.97 Å². The van der Waals surface area contributed by atoms with E-state index in [2.05, 4.69) is 20.4 Å². The Bertz CT molecular complexity index is 1020. The van der Waals surface area contributed by atoms with Crippen LogP contribution >= 0.6 is 0 Å². The minimum Gasteiger partial charge on any atom is -0.493 e. The van der Waals surface area contributed by atoms with Crippen molar-refractivity contribution < 1.29 is 28.2 Å². The van der Waals surface area contributed by atoms with Crippen molar-refractivity contribution in [3.8, 4) is 5.75 Å². The molecule has 3 aliphatic rings. The zero-order chi connectivity index (χ0) is 26.2. The molecule has 2 aliphatic carbocycles. The third kappa shape index (κ3) is 5.17. The normalized spacial score (nSPS) is 30.4. The first kappa shape index (κ1) is 26.6. The van der Waals surface area contributed by atoms with E-state index < -0.39 is 23.7 Å². The lowest BCUT2D eigenvalue weighted by atomic mass is 9.67. The van der Waals surface area contributed by atoms with Crippen LogP contribution in [0.4, 0.5) is 4.39 Å². The quantitative estimate of drug-likeness (QED) is 0.348. The Labute approximate surface area is 214 Å². The van der Waals surface area contributed by atoms with Crippen LogP contribution in [0.15, 0.2) is 24.3 Å². The highest BCUT2D eigenvalue weighted by Gasteiger charge is 2.47. The van der Waals surface area contributed by atoms with Gasteiger partial charge in [0, 0.05) is 31.1 Å². The summed E-state index contributed by atoms with van der Waals surface area (Å²) in [5.74, 6) is -0.614. The second-order valence-corrected chi connectivity index (χ2v) is 11.3. The third-order valence-electron chi connectivity index (χ3n) is 8.48. The first-order chi connectivity index (χ1) is 17.1. The maximum absolute atomic E-state index is 15.5. The number of carbonyl (C=O) groups is 2. The van der Waals surface area contributed by atoms with Crippen molar-refractivity contribution in [2.24, 2.45) is 17.3 Å². The molecule has 0 spiro atoms. The number of rotatable bonds is 8. The van der Waals surface area contributed by atoms with E-state index in [1.807, 2.05) is 6.92 Å². The van der Waals surface area contributed by atoms with Crippen LogP contribution in [-0.4, -0.2) is 56.3 Å². The highest BCUT2D eigenvalue weighted by Crippen LogP contribution is 2.48. The third-order valence-corrected chi connectivity index (χ3v) is 8.48. The van der Waals surface area contributed by atoms with Gasteiger partial charge in [0.1, 0.15) is 17.6 Å². The molecule has 1 aromatic carbocycles. The van der Waals surface area contributed by atoms with Gasteiger partial charge in [-0.15, -0.1) is 0 Å². The predicted molar refractivity (Wildman–Crippen MR) is 136 cm³/mol. The van der Waals surface area contributed by atoms with E-state index in [9.17, 15) is 9.59 Å². The molecule has 1 aromatic rings. The molecule has 0 radical (unpaired) electrons. The Balaban J connectivity index is 1.60. The maximum atomic E-state index is 15.5. The Morgan fingerprint density at radius 1 is 1.22 bits per heavy atom. The van der Waals surface area contributed by atoms with E-state index in [1.54, 1.807) is 13.2 Å². The molecule has 3 fully saturated rings. The molecule has 1 amide bonds. The van der Waals surface area contributed by atoms with E-state index in [4.69, 9.17) is 14.2 Å². The number of likely N-dealkylation sites (tertiary alicyclic amines) is 1. The summed E-state index contributed by atoms with van der Waals surface area (Å²) >= 11 is 0. The summed E-state index contributed by atoms with van der Waals surface area (Å²) in [4.78, 5) is 27.5. The summed E-state index contributed by atoms with van der Waals surface area (Å²) < 4.78 is 32.3. The molecule has 2 saturated carbocycles. The maximum Gasteiger partial charge on any atom is 0.328 e. The summed E-state index contributed by atoms with van der Waals surface area (Å²) in [5, 5.41) is 0. The average molecular weight is 502 g/mol. The summed E-state index contributed by atoms with van der Waals surface area (Å²) in [5.41, 5.74) is 2.09. The molecule has 1 heterocycles. The summed E-state index contributed by atoms with van der Waals surface area (Å²) in [6.45, 7) is 11.2. The molecule has 1 saturated heterocycles. The monoisotopic (exact) mass is 501 g/mol. The lowest BCUT2D eigenvalue weighted by Gasteiger charge is -2.40. The molecule has 36 heavy (non-hydrogen) atoms. The number of esters is 1. The van der Waals surface area contributed by atoms with E-state index in [-0.39, 0.29) is 35.5 Å². The van der Waals surface area contributed by atoms with Gasteiger partial charge in [-0.25, -0.2) is 9.18 Å². The number of amides is 1. The molecule has 0 N–H and O–H groups in total. The number of allylic oxidation sites excluding steroid dienone is 1. The topological polar surface area (TPSA) is 65.1 Å². The number of ether oxygens (including phenoxy) is 3. The fraction of sp³-hybridized carbons (Fsp3) is 0.655. The van der Waals surface area contributed by atoms with Gasteiger partial charge in [-0.2, -0.15) is 0 Å². The molecule has 6 nitrogen and oxygen atoms in total. The molecule has 3 unspecified atom stereocenters. The van der Waals surface area contributed by atoms with E-state index in [0.29, 0.717) is 18.3 Å². The average Bonchev–Trinajstić information content (AvgIpc) is 3.63. The van der Waals surface area contributed by atoms with Crippen molar-refractivity contribution in [2.75, 3.05) is 27.4 Å². The first-order valence-electron chi connectivity index (χ1n) is 13.2. The Kier molecular flexibility index (Phi) is 7.79. The van der Waals surface area contributed by atoms with Crippen LogP contribution in [0.5, 0.6) is 5.75 Å². The molecule has 1 aliphatic heterocycles. The summed E-state index contributed by atoms with van der Waals surface area (Å²) in [6, 6.07) is 2.19. The second kappa shape index (κ2) is 10.5. The van der Waals surface area contributed by atoms with Gasteiger partial charge in [-0.3, -0.25) is 4.79 Å². The van der Waals surface area contributed by atoms with Crippen molar-refractivity contribution in [3.05, 3.63) is 41.2 Å². The molecule has 4 rings (SSSR count). The molecule has 0 bridgehead atoms. The summed E-state index contributed by atoms with van der Waals surface area (Å²) in [6.07, 6.45) is 5.64. The van der Waals surface area contributed by atoms with E-state index in [0.717, 1.165) is 44.1 Å². The van der Waals surface area contributed by atoms with Crippen molar-refractivity contribution in [2.45, 2.75) is 77.4 Å². The Morgan fingerprint density at radius 2 is 1.94 bits per heavy atom. The fourth-order valence-electron chi connectivity index (χ4n) is 6.34. The van der Waals surface area contributed by atoms with E-state index in [1.165, 1.54) is 23.6 Å². The van der Waals surface area contributed by atoms with Crippen LogP contribution in [0.3, 0.4) is 0 Å². The smallest absolute Gasteiger partial charge is 0.328 e. The molecule has 7 heteroatoms. The molecular weight excluding hydrogens is 461 g/mol. The highest BCUT2D eigenvalue weighted by atomic mass is 19.1. The Morgan fingerprint density at radius 3 is 2.53 bits per heavy atom. The van der Waals surface area contributed by atoms with Gasteiger partial charge < -0.3 is 19.1 Å². The SMILES string of the molecule is C=C1CC(C)CC(CC)(COc2cc(F)c(C(=O)N3C[C@H](OC)C(C)[C@H]3C(=O)OC)cc2C2CC2)C1. The standard InChI is InChI=1S/C29H40FNO5/c1-7-29(13-17(2)10-18(3)14-29)16-36-24-12-23(30)22(11-21(24)20-8-9-20)27(32)31-15-25(34-5)19(4)26(31)28(33)35-6/h11-12,18-20,25-26H,2,7-10,13-16H2,1,3-6H3/t18?,19?,25-,26-,29?/m0/s1. The molecule has 198 valence electrons. The fourth-order valence-corrected chi connectivity index (χ4v) is 6.34. The lowest BCUT2D eigenvalue weighted by Crippen LogP contribution is -2.43. The van der Waals surface area contributed by atoms with Crippen molar-refractivity contribution >= 4 is 11.9 Å². The first-order valence-corrected chi connectivity index (χ1v) is 13.2.